The minimum Gasteiger partial charge on any atom is -0.479 e. The molecule has 1 aromatic carbocycles. The lowest BCUT2D eigenvalue weighted by Gasteiger charge is -2.11. The number of anilines is 3. The molecule has 0 aliphatic carbocycles. The standard InChI is InChI=1S/C12H11Br2N3O/c1-18-12-9(15)5-6-10(17-12)16-11-7(13)3-2-4-8(11)14/h2-6H,15H2,1H3,(H,16,17). The molecule has 0 unspecified atom stereocenters. The molecule has 0 spiro atoms. The lowest BCUT2D eigenvalue weighted by Crippen LogP contribution is -2.00. The summed E-state index contributed by atoms with van der Waals surface area (Å²) in [7, 11) is 1.54. The van der Waals surface area contributed by atoms with Gasteiger partial charge in [0.05, 0.1) is 18.5 Å². The number of para-hydroxylation sites is 1. The van der Waals surface area contributed by atoms with Crippen LogP contribution in [0.5, 0.6) is 5.88 Å². The van der Waals surface area contributed by atoms with E-state index in [2.05, 4.69) is 42.2 Å². The summed E-state index contributed by atoms with van der Waals surface area (Å²) >= 11 is 6.96. The van der Waals surface area contributed by atoms with Gasteiger partial charge < -0.3 is 15.8 Å². The van der Waals surface area contributed by atoms with Gasteiger partial charge in [-0.05, 0) is 56.1 Å². The van der Waals surface area contributed by atoms with Crippen molar-refractivity contribution in [1.29, 1.82) is 0 Å². The van der Waals surface area contributed by atoms with Gasteiger partial charge in [0.25, 0.3) is 0 Å². The predicted octanol–water partition coefficient (Wildman–Crippen LogP) is 3.94. The van der Waals surface area contributed by atoms with Gasteiger partial charge >= 0.3 is 0 Å². The molecule has 2 rings (SSSR count). The minimum atomic E-state index is 0.406. The number of halogens is 2. The molecule has 1 aromatic heterocycles. The Morgan fingerprint density at radius 3 is 2.44 bits per heavy atom. The van der Waals surface area contributed by atoms with Crippen LogP contribution in [0, 0.1) is 0 Å². The number of aromatic nitrogens is 1. The maximum absolute atomic E-state index is 5.72. The van der Waals surface area contributed by atoms with Crippen LogP contribution >= 0.6 is 31.9 Å². The first-order chi connectivity index (χ1) is 8.61. The van der Waals surface area contributed by atoms with Crippen molar-refractivity contribution in [2.24, 2.45) is 0 Å². The van der Waals surface area contributed by atoms with E-state index in [4.69, 9.17) is 10.5 Å². The summed E-state index contributed by atoms with van der Waals surface area (Å²) in [6, 6.07) is 9.38. The number of nitrogens with two attached hydrogens (primary N) is 1. The highest BCUT2D eigenvalue weighted by molar-refractivity contribution is 9.11. The van der Waals surface area contributed by atoms with Gasteiger partial charge in [-0.2, -0.15) is 4.98 Å². The van der Waals surface area contributed by atoms with E-state index in [-0.39, 0.29) is 0 Å². The van der Waals surface area contributed by atoms with Crippen LogP contribution < -0.4 is 15.8 Å². The number of nitrogens with zero attached hydrogens (tertiary/aromatic N) is 1. The predicted molar refractivity (Wildman–Crippen MR) is 80.3 cm³/mol. The van der Waals surface area contributed by atoms with Crippen molar-refractivity contribution < 1.29 is 4.74 Å². The number of ether oxygens (including phenoxy) is 1. The zero-order valence-corrected chi connectivity index (χ0v) is 12.7. The molecule has 94 valence electrons. The SMILES string of the molecule is COc1nc(Nc2c(Br)cccc2Br)ccc1N. The van der Waals surface area contributed by atoms with E-state index < -0.39 is 0 Å². The quantitative estimate of drug-likeness (QED) is 0.856. The van der Waals surface area contributed by atoms with E-state index in [0.717, 1.165) is 14.6 Å². The Hall–Kier alpha value is -1.27. The molecule has 0 amide bonds. The van der Waals surface area contributed by atoms with E-state index in [0.29, 0.717) is 17.4 Å². The van der Waals surface area contributed by atoms with Crippen molar-refractivity contribution in [2.75, 3.05) is 18.2 Å². The monoisotopic (exact) mass is 371 g/mol. The number of pyridine rings is 1. The molecular formula is C12H11Br2N3O. The van der Waals surface area contributed by atoms with Crippen molar-refractivity contribution in [3.63, 3.8) is 0 Å². The van der Waals surface area contributed by atoms with E-state index >= 15 is 0 Å². The highest BCUT2D eigenvalue weighted by Crippen LogP contribution is 2.33. The van der Waals surface area contributed by atoms with Gasteiger partial charge in [0.15, 0.2) is 0 Å². The molecule has 6 heteroatoms. The molecule has 4 nitrogen and oxygen atoms in total. The van der Waals surface area contributed by atoms with E-state index in [9.17, 15) is 0 Å². The lowest BCUT2D eigenvalue weighted by molar-refractivity contribution is 0.401. The third kappa shape index (κ3) is 2.76. The molecule has 0 saturated carbocycles. The number of rotatable bonds is 3. The van der Waals surface area contributed by atoms with Crippen molar-refractivity contribution in [2.45, 2.75) is 0 Å². The van der Waals surface area contributed by atoms with Crippen LogP contribution in [0.3, 0.4) is 0 Å². The summed E-state index contributed by atoms with van der Waals surface area (Å²) in [6.45, 7) is 0. The van der Waals surface area contributed by atoms with E-state index in [1.807, 2.05) is 18.2 Å². The second kappa shape index (κ2) is 5.58. The molecule has 1 heterocycles. The van der Waals surface area contributed by atoms with Crippen LogP contribution in [0.15, 0.2) is 39.3 Å². The summed E-state index contributed by atoms with van der Waals surface area (Å²) in [5.41, 5.74) is 7.13. The first kappa shape index (κ1) is 13.2. The maximum atomic E-state index is 5.72. The topological polar surface area (TPSA) is 60.2 Å². The minimum absolute atomic E-state index is 0.406. The zero-order chi connectivity index (χ0) is 13.1. The van der Waals surface area contributed by atoms with Crippen LogP contribution in [-0.4, -0.2) is 12.1 Å². The first-order valence-electron chi connectivity index (χ1n) is 5.13. The Morgan fingerprint density at radius 2 is 1.83 bits per heavy atom. The largest absolute Gasteiger partial charge is 0.479 e. The molecule has 2 aromatic rings. The summed E-state index contributed by atoms with van der Waals surface area (Å²) in [5, 5.41) is 3.20. The molecule has 18 heavy (non-hydrogen) atoms. The first-order valence-corrected chi connectivity index (χ1v) is 6.72. The van der Waals surface area contributed by atoms with Crippen molar-refractivity contribution in [1.82, 2.24) is 4.98 Å². The van der Waals surface area contributed by atoms with Crippen LogP contribution in [0.2, 0.25) is 0 Å². The van der Waals surface area contributed by atoms with Gasteiger partial charge in [0.2, 0.25) is 5.88 Å². The molecule has 3 N–H and O–H groups in total. The second-order valence-electron chi connectivity index (χ2n) is 3.52. The van der Waals surface area contributed by atoms with Crippen LogP contribution in [0.25, 0.3) is 0 Å². The Balaban J connectivity index is 2.34. The molecule has 0 aliphatic rings. The van der Waals surface area contributed by atoms with Crippen LogP contribution in [0.1, 0.15) is 0 Å². The summed E-state index contributed by atoms with van der Waals surface area (Å²) in [4.78, 5) is 4.27. The van der Waals surface area contributed by atoms with Gasteiger partial charge in [-0.3, -0.25) is 0 Å². The molecule has 0 fully saturated rings. The third-order valence-corrected chi connectivity index (χ3v) is 3.62. The summed E-state index contributed by atoms with van der Waals surface area (Å²) < 4.78 is 6.96. The Morgan fingerprint density at radius 1 is 1.17 bits per heavy atom. The number of nitrogens with one attached hydrogen (secondary N) is 1. The normalized spacial score (nSPS) is 10.2. The number of benzene rings is 1. The molecule has 0 aliphatic heterocycles. The smallest absolute Gasteiger partial charge is 0.238 e. The second-order valence-corrected chi connectivity index (χ2v) is 5.23. The van der Waals surface area contributed by atoms with Crippen LogP contribution in [-0.2, 0) is 0 Å². The van der Waals surface area contributed by atoms with Gasteiger partial charge in [0, 0.05) is 8.95 Å². The molecular weight excluding hydrogens is 362 g/mol. The number of nitrogen functional groups attached to an aromatic ring is 1. The Labute approximate surface area is 122 Å². The Kier molecular flexibility index (Phi) is 4.08. The molecule has 0 atom stereocenters. The fourth-order valence-electron chi connectivity index (χ4n) is 1.43. The number of hydrogen-bond donors (Lipinski definition) is 2. The highest BCUT2D eigenvalue weighted by Gasteiger charge is 2.07. The summed E-state index contributed by atoms with van der Waals surface area (Å²) in [5.74, 6) is 1.07. The fourth-order valence-corrected chi connectivity index (χ4v) is 2.63. The van der Waals surface area contributed by atoms with Crippen LogP contribution in [0.4, 0.5) is 17.2 Å². The number of methoxy groups -OCH3 is 1. The molecule has 0 radical (unpaired) electrons. The van der Waals surface area contributed by atoms with Crippen molar-refractivity contribution in [3.8, 4) is 5.88 Å². The number of hydrogen-bond acceptors (Lipinski definition) is 4. The van der Waals surface area contributed by atoms with E-state index in [1.165, 1.54) is 7.11 Å². The molecule has 0 bridgehead atoms. The van der Waals surface area contributed by atoms with Crippen molar-refractivity contribution >= 4 is 49.1 Å². The third-order valence-electron chi connectivity index (χ3n) is 2.30. The average Bonchev–Trinajstić information content (AvgIpc) is 2.36. The maximum Gasteiger partial charge on any atom is 0.238 e. The molecule has 0 saturated heterocycles. The van der Waals surface area contributed by atoms with Gasteiger partial charge in [-0.25, -0.2) is 0 Å². The van der Waals surface area contributed by atoms with Crippen molar-refractivity contribution in [3.05, 3.63) is 39.3 Å². The lowest BCUT2D eigenvalue weighted by atomic mass is 10.3. The highest BCUT2D eigenvalue weighted by atomic mass is 79.9. The van der Waals surface area contributed by atoms with Gasteiger partial charge in [-0.15, -0.1) is 0 Å². The van der Waals surface area contributed by atoms with E-state index in [1.54, 1.807) is 12.1 Å². The summed E-state index contributed by atoms with van der Waals surface area (Å²) in [6.07, 6.45) is 0. The fraction of sp³-hybridized carbons (Fsp3) is 0.0833. The van der Waals surface area contributed by atoms with Gasteiger partial charge in [0.1, 0.15) is 5.82 Å². The zero-order valence-electron chi connectivity index (χ0n) is 9.58. The Bertz CT molecular complexity index is 555. The average molecular weight is 373 g/mol. The van der Waals surface area contributed by atoms with Gasteiger partial charge in [-0.1, -0.05) is 6.07 Å².